The highest BCUT2D eigenvalue weighted by Crippen LogP contribution is 2.18. The summed E-state index contributed by atoms with van der Waals surface area (Å²) in [6.45, 7) is 1.47. The maximum absolute atomic E-state index is 10.9. The first-order chi connectivity index (χ1) is 7.99. The van der Waals surface area contributed by atoms with Gasteiger partial charge >= 0.3 is 0 Å². The second-order valence-electron chi connectivity index (χ2n) is 3.15. The Labute approximate surface area is 118 Å². The number of nitrogens with two attached hydrogens (primary N) is 1. The molecule has 0 bridgehead atoms. The van der Waals surface area contributed by atoms with Crippen molar-refractivity contribution in [1.82, 2.24) is 5.43 Å². The average molecular weight is 362 g/mol. The van der Waals surface area contributed by atoms with E-state index in [0.29, 0.717) is 0 Å². The van der Waals surface area contributed by atoms with E-state index in [0.717, 1.165) is 14.8 Å². The third-order valence-electron chi connectivity index (χ3n) is 1.69. The molecule has 0 aliphatic carbocycles. The molecule has 0 unspecified atom stereocenters. The van der Waals surface area contributed by atoms with Gasteiger partial charge in [-0.15, -0.1) is 0 Å². The quantitative estimate of drug-likeness (QED) is 0.329. The second kappa shape index (κ2) is 6.50. The van der Waals surface area contributed by atoms with Crippen LogP contribution in [0.15, 0.2) is 23.3 Å². The number of benzene rings is 1. The Morgan fingerprint density at radius 3 is 2.82 bits per heavy atom. The monoisotopic (exact) mass is 362 g/mol. The van der Waals surface area contributed by atoms with E-state index in [1.54, 1.807) is 6.21 Å². The Balaban J connectivity index is 2.78. The van der Waals surface area contributed by atoms with Gasteiger partial charge in [0.05, 0.1) is 11.9 Å². The maximum atomic E-state index is 10.9. The van der Waals surface area contributed by atoms with Gasteiger partial charge in [-0.05, 0) is 52.5 Å². The minimum atomic E-state index is -0.0977. The molecule has 1 aromatic rings. The SMILES string of the molecule is CC(=O)Nc1ccc(C=NNC(N)=S)cc1I. The number of anilines is 1. The molecule has 5 nitrogen and oxygen atoms in total. The lowest BCUT2D eigenvalue weighted by atomic mass is 10.2. The molecule has 7 heteroatoms. The van der Waals surface area contributed by atoms with Gasteiger partial charge < -0.3 is 11.1 Å². The Morgan fingerprint density at radius 2 is 2.29 bits per heavy atom. The number of halogens is 1. The molecule has 4 N–H and O–H groups in total. The van der Waals surface area contributed by atoms with Crippen LogP contribution in [0, 0.1) is 3.57 Å². The molecule has 0 spiro atoms. The molecular weight excluding hydrogens is 351 g/mol. The van der Waals surface area contributed by atoms with E-state index in [-0.39, 0.29) is 11.0 Å². The molecular formula is C10H11IN4OS. The summed E-state index contributed by atoms with van der Waals surface area (Å²) in [6, 6.07) is 5.53. The van der Waals surface area contributed by atoms with E-state index in [1.165, 1.54) is 6.92 Å². The van der Waals surface area contributed by atoms with E-state index >= 15 is 0 Å². The molecule has 0 heterocycles. The van der Waals surface area contributed by atoms with Crippen molar-refractivity contribution < 1.29 is 4.79 Å². The van der Waals surface area contributed by atoms with Crippen molar-refractivity contribution in [3.63, 3.8) is 0 Å². The summed E-state index contributed by atoms with van der Waals surface area (Å²) < 4.78 is 0.928. The Hall–Kier alpha value is -1.22. The standard InChI is InChI=1S/C10H11IN4OS/c1-6(16)14-9-3-2-7(4-8(9)11)5-13-15-10(12)17/h2-5H,1H3,(H,14,16)(H3,12,15,17). The number of carbonyl (C=O) groups excluding carboxylic acids is 1. The normalized spacial score (nSPS) is 10.2. The van der Waals surface area contributed by atoms with Crippen LogP contribution < -0.4 is 16.5 Å². The molecule has 0 aliphatic heterocycles. The number of nitrogens with zero attached hydrogens (tertiary/aromatic N) is 1. The molecule has 1 amide bonds. The fourth-order valence-electron chi connectivity index (χ4n) is 1.07. The molecule has 0 aromatic heterocycles. The topological polar surface area (TPSA) is 79.5 Å². The van der Waals surface area contributed by atoms with E-state index < -0.39 is 0 Å². The number of hydrogen-bond donors (Lipinski definition) is 3. The smallest absolute Gasteiger partial charge is 0.221 e. The van der Waals surface area contributed by atoms with E-state index in [1.807, 2.05) is 18.2 Å². The molecule has 1 rings (SSSR count). The highest BCUT2D eigenvalue weighted by atomic mass is 127. The first-order valence-electron chi connectivity index (χ1n) is 4.64. The van der Waals surface area contributed by atoms with Gasteiger partial charge in [0.2, 0.25) is 5.91 Å². The fraction of sp³-hybridized carbons (Fsp3) is 0.100. The third-order valence-corrected chi connectivity index (χ3v) is 2.68. The minimum absolute atomic E-state index is 0.0977. The van der Waals surface area contributed by atoms with Crippen LogP contribution in [0.3, 0.4) is 0 Å². The van der Waals surface area contributed by atoms with Crippen molar-refractivity contribution in [3.8, 4) is 0 Å². The molecule has 0 aliphatic rings. The van der Waals surface area contributed by atoms with Gasteiger partial charge in [0.1, 0.15) is 0 Å². The van der Waals surface area contributed by atoms with Crippen molar-refractivity contribution in [2.75, 3.05) is 5.32 Å². The molecule has 0 fully saturated rings. The van der Waals surface area contributed by atoms with E-state index in [4.69, 9.17) is 5.73 Å². The van der Waals surface area contributed by atoms with Crippen LogP contribution in [0.1, 0.15) is 12.5 Å². The maximum Gasteiger partial charge on any atom is 0.221 e. The molecule has 0 atom stereocenters. The number of carbonyl (C=O) groups is 1. The van der Waals surface area contributed by atoms with Crippen molar-refractivity contribution >= 4 is 57.7 Å². The van der Waals surface area contributed by atoms with Crippen LogP contribution >= 0.6 is 34.8 Å². The zero-order valence-corrected chi connectivity index (χ0v) is 12.0. The Bertz CT molecular complexity index is 475. The highest BCUT2D eigenvalue weighted by molar-refractivity contribution is 14.1. The van der Waals surface area contributed by atoms with Crippen LogP contribution in [-0.4, -0.2) is 17.2 Å². The number of nitrogens with one attached hydrogen (secondary N) is 2. The predicted molar refractivity (Wildman–Crippen MR) is 81.0 cm³/mol. The number of hydrogen-bond acceptors (Lipinski definition) is 3. The minimum Gasteiger partial charge on any atom is -0.375 e. The number of thiocarbonyl (C=S) groups is 1. The van der Waals surface area contributed by atoms with Gasteiger partial charge in [0, 0.05) is 10.5 Å². The highest BCUT2D eigenvalue weighted by Gasteiger charge is 2.01. The predicted octanol–water partition coefficient (Wildman–Crippen LogP) is 1.42. The van der Waals surface area contributed by atoms with Crippen LogP contribution in [0.2, 0.25) is 0 Å². The Morgan fingerprint density at radius 1 is 1.59 bits per heavy atom. The van der Waals surface area contributed by atoms with Gasteiger partial charge in [-0.1, -0.05) is 6.07 Å². The second-order valence-corrected chi connectivity index (χ2v) is 4.76. The van der Waals surface area contributed by atoms with Crippen molar-refractivity contribution in [3.05, 3.63) is 27.3 Å². The number of amides is 1. The van der Waals surface area contributed by atoms with Gasteiger partial charge in [0.15, 0.2) is 5.11 Å². The lowest BCUT2D eigenvalue weighted by Gasteiger charge is -2.05. The third kappa shape index (κ3) is 5.09. The lowest BCUT2D eigenvalue weighted by Crippen LogP contribution is -2.24. The summed E-state index contributed by atoms with van der Waals surface area (Å²) in [6.07, 6.45) is 1.60. The summed E-state index contributed by atoms with van der Waals surface area (Å²) >= 11 is 6.75. The van der Waals surface area contributed by atoms with Crippen molar-refractivity contribution in [2.45, 2.75) is 6.92 Å². The summed E-state index contributed by atoms with van der Waals surface area (Å²) in [7, 11) is 0. The van der Waals surface area contributed by atoms with Crippen molar-refractivity contribution in [2.24, 2.45) is 10.8 Å². The molecule has 1 aromatic carbocycles. The van der Waals surface area contributed by atoms with Gasteiger partial charge in [-0.3, -0.25) is 10.2 Å². The zero-order valence-electron chi connectivity index (χ0n) is 9.03. The van der Waals surface area contributed by atoms with Gasteiger partial charge in [-0.2, -0.15) is 5.10 Å². The van der Waals surface area contributed by atoms with Crippen molar-refractivity contribution in [1.29, 1.82) is 0 Å². The lowest BCUT2D eigenvalue weighted by molar-refractivity contribution is -0.114. The largest absolute Gasteiger partial charge is 0.375 e. The molecule has 0 radical (unpaired) electrons. The molecule has 0 saturated carbocycles. The number of rotatable bonds is 3. The summed E-state index contributed by atoms with van der Waals surface area (Å²) in [5, 5.41) is 6.68. The summed E-state index contributed by atoms with van der Waals surface area (Å²) in [4.78, 5) is 10.9. The van der Waals surface area contributed by atoms with Crippen LogP contribution in [0.5, 0.6) is 0 Å². The first-order valence-corrected chi connectivity index (χ1v) is 6.13. The number of hydrazone groups is 1. The van der Waals surface area contributed by atoms with Crippen LogP contribution in [-0.2, 0) is 4.79 Å². The summed E-state index contributed by atoms with van der Waals surface area (Å²) in [5.74, 6) is -0.0977. The molecule has 0 saturated heterocycles. The van der Waals surface area contributed by atoms with E-state index in [2.05, 4.69) is 50.7 Å². The molecule has 90 valence electrons. The van der Waals surface area contributed by atoms with Crippen LogP contribution in [0.25, 0.3) is 0 Å². The average Bonchev–Trinajstić information content (AvgIpc) is 2.21. The summed E-state index contributed by atoms with van der Waals surface area (Å²) in [5.41, 5.74) is 9.35. The first kappa shape index (κ1) is 13.8. The van der Waals surface area contributed by atoms with Gasteiger partial charge in [-0.25, -0.2) is 0 Å². The van der Waals surface area contributed by atoms with E-state index in [9.17, 15) is 4.79 Å². The molecule has 17 heavy (non-hydrogen) atoms. The Kier molecular flexibility index (Phi) is 5.29. The van der Waals surface area contributed by atoms with Crippen LogP contribution in [0.4, 0.5) is 5.69 Å². The zero-order chi connectivity index (χ0) is 12.8. The van der Waals surface area contributed by atoms with Gasteiger partial charge in [0.25, 0.3) is 0 Å². The fourth-order valence-corrected chi connectivity index (χ4v) is 1.80.